The third-order valence-corrected chi connectivity index (χ3v) is 4.71. The van der Waals surface area contributed by atoms with Crippen LogP contribution in [0.5, 0.6) is 5.88 Å². The molecule has 0 spiro atoms. The zero-order valence-corrected chi connectivity index (χ0v) is 15.6. The topological polar surface area (TPSA) is 51.7 Å². The number of hydrogen-bond acceptors (Lipinski definition) is 4. The van der Waals surface area contributed by atoms with Crippen LogP contribution >= 0.6 is 23.2 Å². The second kappa shape index (κ2) is 6.60. The molecular formula is C17H22Cl2N2O3. The first-order chi connectivity index (χ1) is 11.2. The largest absolute Gasteiger partial charge is 0.475 e. The van der Waals surface area contributed by atoms with Gasteiger partial charge in [-0.2, -0.15) is 0 Å². The number of likely N-dealkylation sites (tertiary alicyclic amines) is 1. The van der Waals surface area contributed by atoms with Gasteiger partial charge >= 0.3 is 6.09 Å². The van der Waals surface area contributed by atoms with Crippen molar-refractivity contribution in [3.63, 3.8) is 0 Å². The second-order valence-electron chi connectivity index (χ2n) is 7.54. The maximum atomic E-state index is 12.5. The second-order valence-corrected chi connectivity index (χ2v) is 8.36. The number of rotatable bonds is 3. The fraction of sp³-hybridized carbons (Fsp3) is 0.647. The summed E-state index contributed by atoms with van der Waals surface area (Å²) in [6.07, 6.45) is 1.83. The van der Waals surface area contributed by atoms with Crippen LogP contribution in [0.2, 0.25) is 10.2 Å². The van der Waals surface area contributed by atoms with Crippen molar-refractivity contribution >= 4 is 29.3 Å². The van der Waals surface area contributed by atoms with E-state index in [-0.39, 0.29) is 17.3 Å². The Hall–Kier alpha value is -1.20. The predicted octanol–water partition coefficient (Wildman–Crippen LogP) is 4.41. The molecule has 7 heteroatoms. The van der Waals surface area contributed by atoms with Gasteiger partial charge in [0.15, 0.2) is 0 Å². The number of nitrogens with zero attached hydrogens (tertiary/aromatic N) is 2. The lowest BCUT2D eigenvalue weighted by atomic mass is 10.0. The van der Waals surface area contributed by atoms with Crippen LogP contribution in [0.25, 0.3) is 0 Å². The number of pyridine rings is 1. The molecule has 5 nitrogen and oxygen atoms in total. The lowest BCUT2D eigenvalue weighted by molar-refractivity contribution is 0.00201. The molecule has 132 valence electrons. The Labute approximate surface area is 152 Å². The molecule has 3 atom stereocenters. The van der Waals surface area contributed by atoms with Gasteiger partial charge in [-0.3, -0.25) is 0 Å². The van der Waals surface area contributed by atoms with Crippen LogP contribution in [0.15, 0.2) is 12.1 Å². The van der Waals surface area contributed by atoms with Crippen molar-refractivity contribution in [3.8, 4) is 5.88 Å². The minimum absolute atomic E-state index is 0.0249. The Bertz CT molecular complexity index is 613. The highest BCUT2D eigenvalue weighted by Gasteiger charge is 2.48. The fourth-order valence-corrected chi connectivity index (χ4v) is 3.56. The third kappa shape index (κ3) is 4.45. The van der Waals surface area contributed by atoms with Crippen LogP contribution in [-0.2, 0) is 4.74 Å². The van der Waals surface area contributed by atoms with Crippen LogP contribution in [0.4, 0.5) is 4.79 Å². The molecule has 1 saturated heterocycles. The average molecular weight is 373 g/mol. The molecule has 2 fully saturated rings. The summed E-state index contributed by atoms with van der Waals surface area (Å²) in [7, 11) is 0. The quantitative estimate of drug-likeness (QED) is 0.737. The minimum Gasteiger partial charge on any atom is -0.475 e. The summed E-state index contributed by atoms with van der Waals surface area (Å²) in [6, 6.07) is 3.15. The number of amides is 1. The average Bonchev–Trinajstić information content (AvgIpc) is 3.19. The summed E-state index contributed by atoms with van der Waals surface area (Å²) in [6.45, 7) is 6.71. The maximum absolute atomic E-state index is 12.5. The van der Waals surface area contributed by atoms with Gasteiger partial charge in [0.25, 0.3) is 0 Å². The first-order valence-electron chi connectivity index (χ1n) is 8.17. The molecule has 3 rings (SSSR count). The molecule has 0 N–H and O–H groups in total. The Morgan fingerprint density at radius 3 is 2.71 bits per heavy atom. The first kappa shape index (κ1) is 17.6. The Morgan fingerprint density at radius 2 is 2.04 bits per heavy atom. The van der Waals surface area contributed by atoms with Gasteiger partial charge in [-0.1, -0.05) is 23.2 Å². The highest BCUT2D eigenvalue weighted by Crippen LogP contribution is 2.47. The van der Waals surface area contributed by atoms with E-state index in [0.717, 1.165) is 13.0 Å². The van der Waals surface area contributed by atoms with Crippen molar-refractivity contribution in [2.75, 3.05) is 13.2 Å². The molecule has 1 amide bonds. The number of ether oxygens (including phenoxy) is 2. The number of carbonyl (C=O) groups is 1. The highest BCUT2D eigenvalue weighted by molar-refractivity contribution is 6.34. The van der Waals surface area contributed by atoms with Crippen LogP contribution in [-0.4, -0.2) is 40.8 Å². The van der Waals surface area contributed by atoms with Crippen LogP contribution in [0.3, 0.4) is 0 Å². The Balaban J connectivity index is 1.66. The number of hydrogen-bond donors (Lipinski definition) is 0. The summed E-state index contributed by atoms with van der Waals surface area (Å²) < 4.78 is 11.3. The predicted molar refractivity (Wildman–Crippen MR) is 92.7 cm³/mol. The number of halogens is 2. The molecule has 1 aliphatic carbocycles. The van der Waals surface area contributed by atoms with Gasteiger partial charge < -0.3 is 14.4 Å². The first-order valence-corrected chi connectivity index (χ1v) is 8.92. The van der Waals surface area contributed by atoms with E-state index in [9.17, 15) is 4.79 Å². The number of fused-ring (bicyclic) bond motifs is 1. The standard InChI is InChI=1S/C17H22Cl2N2O3/c1-17(2,3)24-16(22)21-8-11-4-10(11)5-13(21)9-23-15-7-12(18)6-14(19)20-15/h6-7,10-11,13H,4-5,8-9H2,1-3H3. The van der Waals surface area contributed by atoms with Gasteiger partial charge in [0.05, 0.1) is 6.04 Å². The SMILES string of the molecule is CC(C)(C)OC(=O)N1CC2CC2CC1COc1cc(Cl)cc(Cl)n1. The van der Waals surface area contributed by atoms with Crippen molar-refractivity contribution in [1.82, 2.24) is 9.88 Å². The Kier molecular flexibility index (Phi) is 4.85. The fourth-order valence-electron chi connectivity index (χ4n) is 3.10. The lowest BCUT2D eigenvalue weighted by Gasteiger charge is -2.36. The van der Waals surface area contributed by atoms with Crippen molar-refractivity contribution in [2.45, 2.75) is 45.3 Å². The van der Waals surface area contributed by atoms with E-state index >= 15 is 0 Å². The monoisotopic (exact) mass is 372 g/mol. The van der Waals surface area contributed by atoms with Crippen molar-refractivity contribution in [2.24, 2.45) is 11.8 Å². The molecule has 0 bridgehead atoms. The van der Waals surface area contributed by atoms with Crippen molar-refractivity contribution in [1.29, 1.82) is 0 Å². The van der Waals surface area contributed by atoms with Gasteiger partial charge in [-0.15, -0.1) is 0 Å². The van der Waals surface area contributed by atoms with Crippen LogP contribution in [0.1, 0.15) is 33.6 Å². The maximum Gasteiger partial charge on any atom is 0.410 e. The molecule has 1 aliphatic heterocycles. The van der Waals surface area contributed by atoms with Gasteiger partial charge in [0.1, 0.15) is 17.4 Å². The van der Waals surface area contributed by atoms with Crippen molar-refractivity contribution in [3.05, 3.63) is 22.3 Å². The van der Waals surface area contributed by atoms with Gasteiger partial charge in [0, 0.05) is 17.6 Å². The molecule has 1 saturated carbocycles. The van der Waals surface area contributed by atoms with E-state index in [2.05, 4.69) is 4.98 Å². The summed E-state index contributed by atoms with van der Waals surface area (Å²) in [5.41, 5.74) is -0.509. The molecule has 1 aromatic rings. The molecule has 0 aromatic carbocycles. The molecule has 24 heavy (non-hydrogen) atoms. The van der Waals surface area contributed by atoms with Gasteiger partial charge in [-0.05, 0) is 51.5 Å². The molecule has 1 aromatic heterocycles. The normalized spacial score (nSPS) is 25.9. The summed E-state index contributed by atoms with van der Waals surface area (Å²) in [4.78, 5) is 18.4. The number of aromatic nitrogens is 1. The zero-order chi connectivity index (χ0) is 17.5. The number of carbonyl (C=O) groups excluding carboxylic acids is 1. The van der Waals surface area contributed by atoms with Gasteiger partial charge in [-0.25, -0.2) is 9.78 Å². The smallest absolute Gasteiger partial charge is 0.410 e. The molecule has 2 heterocycles. The van der Waals surface area contributed by atoms with E-state index in [0.29, 0.717) is 29.3 Å². The lowest BCUT2D eigenvalue weighted by Crippen LogP contribution is -2.49. The van der Waals surface area contributed by atoms with Crippen LogP contribution in [0, 0.1) is 11.8 Å². The van der Waals surface area contributed by atoms with Crippen molar-refractivity contribution < 1.29 is 14.3 Å². The molecule has 2 aliphatic rings. The zero-order valence-electron chi connectivity index (χ0n) is 14.1. The summed E-state index contributed by atoms with van der Waals surface area (Å²) >= 11 is 11.9. The third-order valence-electron chi connectivity index (χ3n) is 4.30. The van der Waals surface area contributed by atoms with E-state index in [1.807, 2.05) is 20.8 Å². The molecule has 3 unspecified atom stereocenters. The summed E-state index contributed by atoms with van der Waals surface area (Å²) in [5, 5.41) is 0.757. The highest BCUT2D eigenvalue weighted by atomic mass is 35.5. The van der Waals surface area contributed by atoms with Crippen LogP contribution < -0.4 is 4.74 Å². The minimum atomic E-state index is -0.509. The van der Waals surface area contributed by atoms with E-state index in [1.54, 1.807) is 17.0 Å². The molecule has 0 radical (unpaired) electrons. The summed E-state index contributed by atoms with van der Waals surface area (Å²) in [5.74, 6) is 1.66. The number of piperidine rings is 1. The Morgan fingerprint density at radius 1 is 1.29 bits per heavy atom. The molecular weight excluding hydrogens is 351 g/mol. The van der Waals surface area contributed by atoms with Gasteiger partial charge in [0.2, 0.25) is 5.88 Å². The van der Waals surface area contributed by atoms with E-state index < -0.39 is 5.60 Å². The van der Waals surface area contributed by atoms with E-state index in [1.165, 1.54) is 6.42 Å². The van der Waals surface area contributed by atoms with E-state index in [4.69, 9.17) is 32.7 Å².